The van der Waals surface area contributed by atoms with Crippen molar-refractivity contribution >= 4 is 0 Å². The van der Waals surface area contributed by atoms with Crippen LogP contribution in [0.1, 0.15) is 30.5 Å². The summed E-state index contributed by atoms with van der Waals surface area (Å²) >= 11 is 0. The largest absolute Gasteiger partial charge is 0.494 e. The zero-order chi connectivity index (χ0) is 12.3. The fourth-order valence-corrected chi connectivity index (χ4v) is 2.42. The second kappa shape index (κ2) is 5.52. The SMILES string of the molecule is CCOc1cc2c(cc1CN)CCN(CC)C2. The first-order chi connectivity index (χ1) is 8.28. The lowest BCUT2D eigenvalue weighted by molar-refractivity contribution is 0.266. The van der Waals surface area contributed by atoms with E-state index in [1.807, 2.05) is 6.92 Å². The number of ether oxygens (including phenoxy) is 1. The lowest BCUT2D eigenvalue weighted by Gasteiger charge is -2.28. The maximum Gasteiger partial charge on any atom is 0.124 e. The van der Waals surface area contributed by atoms with Crippen LogP contribution in [-0.4, -0.2) is 24.6 Å². The molecule has 0 unspecified atom stereocenters. The van der Waals surface area contributed by atoms with Crippen molar-refractivity contribution in [3.05, 3.63) is 28.8 Å². The number of hydrogen-bond acceptors (Lipinski definition) is 3. The van der Waals surface area contributed by atoms with Crippen LogP contribution in [0.25, 0.3) is 0 Å². The molecule has 1 heterocycles. The number of rotatable bonds is 4. The Balaban J connectivity index is 2.31. The molecule has 0 aromatic heterocycles. The van der Waals surface area contributed by atoms with Gasteiger partial charge in [0.1, 0.15) is 5.75 Å². The van der Waals surface area contributed by atoms with Crippen molar-refractivity contribution in [2.75, 3.05) is 19.7 Å². The average molecular weight is 234 g/mol. The molecule has 0 amide bonds. The number of benzene rings is 1. The van der Waals surface area contributed by atoms with Crippen LogP contribution in [0, 0.1) is 0 Å². The first-order valence-electron chi connectivity index (χ1n) is 6.48. The van der Waals surface area contributed by atoms with E-state index in [2.05, 4.69) is 24.0 Å². The summed E-state index contributed by atoms with van der Waals surface area (Å²) in [4.78, 5) is 2.46. The van der Waals surface area contributed by atoms with Gasteiger partial charge in [0.2, 0.25) is 0 Å². The van der Waals surface area contributed by atoms with E-state index in [0.29, 0.717) is 13.2 Å². The predicted molar refractivity (Wildman–Crippen MR) is 70.2 cm³/mol. The van der Waals surface area contributed by atoms with Crippen molar-refractivity contribution in [2.24, 2.45) is 5.73 Å². The zero-order valence-corrected chi connectivity index (χ0v) is 10.8. The predicted octanol–water partition coefficient (Wildman–Crippen LogP) is 1.92. The summed E-state index contributed by atoms with van der Waals surface area (Å²) in [5, 5.41) is 0. The van der Waals surface area contributed by atoms with Crippen molar-refractivity contribution < 1.29 is 4.74 Å². The molecule has 0 radical (unpaired) electrons. The standard InChI is InChI=1S/C14H22N2O/c1-3-16-6-5-11-7-12(9-15)14(17-4-2)8-13(11)10-16/h7-8H,3-6,9-10,15H2,1-2H3. The molecule has 0 atom stereocenters. The minimum Gasteiger partial charge on any atom is -0.494 e. The third kappa shape index (κ3) is 2.61. The first-order valence-corrected chi connectivity index (χ1v) is 6.48. The van der Waals surface area contributed by atoms with E-state index in [-0.39, 0.29) is 0 Å². The van der Waals surface area contributed by atoms with Gasteiger partial charge in [-0.1, -0.05) is 13.0 Å². The van der Waals surface area contributed by atoms with Crippen LogP contribution < -0.4 is 10.5 Å². The molecule has 0 aliphatic carbocycles. The third-order valence-corrected chi connectivity index (χ3v) is 3.44. The molecular formula is C14H22N2O. The van der Waals surface area contributed by atoms with Crippen molar-refractivity contribution in [3.63, 3.8) is 0 Å². The fraction of sp³-hybridized carbons (Fsp3) is 0.571. The van der Waals surface area contributed by atoms with Gasteiger partial charge in [-0.15, -0.1) is 0 Å². The van der Waals surface area contributed by atoms with E-state index < -0.39 is 0 Å². The maximum absolute atomic E-state index is 5.78. The maximum atomic E-state index is 5.78. The molecule has 17 heavy (non-hydrogen) atoms. The number of fused-ring (bicyclic) bond motifs is 1. The summed E-state index contributed by atoms with van der Waals surface area (Å²) < 4.78 is 5.66. The Bertz CT molecular complexity index is 390. The smallest absolute Gasteiger partial charge is 0.124 e. The van der Waals surface area contributed by atoms with Gasteiger partial charge in [-0.3, -0.25) is 4.90 Å². The van der Waals surface area contributed by atoms with Crippen LogP contribution in [0.3, 0.4) is 0 Å². The van der Waals surface area contributed by atoms with Gasteiger partial charge >= 0.3 is 0 Å². The minimum absolute atomic E-state index is 0.556. The second-order valence-corrected chi connectivity index (χ2v) is 4.48. The molecule has 1 aliphatic rings. The van der Waals surface area contributed by atoms with Gasteiger partial charge in [-0.25, -0.2) is 0 Å². The molecule has 0 spiro atoms. The van der Waals surface area contributed by atoms with Crippen molar-refractivity contribution in [3.8, 4) is 5.75 Å². The molecule has 3 heteroatoms. The number of nitrogens with zero attached hydrogens (tertiary/aromatic N) is 1. The monoisotopic (exact) mass is 234 g/mol. The Labute approximate surface area is 104 Å². The Morgan fingerprint density at radius 2 is 2.12 bits per heavy atom. The molecule has 94 valence electrons. The first kappa shape index (κ1) is 12.4. The molecular weight excluding hydrogens is 212 g/mol. The lowest BCUT2D eigenvalue weighted by Crippen LogP contribution is -2.30. The van der Waals surface area contributed by atoms with Gasteiger partial charge in [0.15, 0.2) is 0 Å². The Kier molecular flexibility index (Phi) is 4.02. The summed E-state index contributed by atoms with van der Waals surface area (Å²) in [5.41, 5.74) is 9.76. The minimum atomic E-state index is 0.556. The zero-order valence-electron chi connectivity index (χ0n) is 10.8. The molecule has 0 bridgehead atoms. The van der Waals surface area contributed by atoms with E-state index in [9.17, 15) is 0 Å². The normalized spacial score (nSPS) is 15.7. The fourth-order valence-electron chi connectivity index (χ4n) is 2.42. The van der Waals surface area contributed by atoms with Crippen LogP contribution in [0.2, 0.25) is 0 Å². The van der Waals surface area contributed by atoms with Gasteiger partial charge in [0.25, 0.3) is 0 Å². The van der Waals surface area contributed by atoms with Crippen LogP contribution in [0.5, 0.6) is 5.75 Å². The molecule has 1 aromatic rings. The van der Waals surface area contributed by atoms with E-state index >= 15 is 0 Å². The number of nitrogens with two attached hydrogens (primary N) is 1. The Hall–Kier alpha value is -1.06. The molecule has 2 N–H and O–H groups in total. The Morgan fingerprint density at radius 1 is 1.29 bits per heavy atom. The highest BCUT2D eigenvalue weighted by Crippen LogP contribution is 2.27. The number of hydrogen-bond donors (Lipinski definition) is 1. The highest BCUT2D eigenvalue weighted by atomic mass is 16.5. The van der Waals surface area contributed by atoms with Crippen molar-refractivity contribution in [1.29, 1.82) is 0 Å². The van der Waals surface area contributed by atoms with Gasteiger partial charge in [0.05, 0.1) is 6.61 Å². The molecule has 0 saturated carbocycles. The molecule has 3 nitrogen and oxygen atoms in total. The van der Waals surface area contributed by atoms with E-state index in [1.54, 1.807) is 0 Å². The third-order valence-electron chi connectivity index (χ3n) is 3.44. The highest BCUT2D eigenvalue weighted by Gasteiger charge is 2.17. The van der Waals surface area contributed by atoms with E-state index in [1.165, 1.54) is 11.1 Å². The van der Waals surface area contributed by atoms with Crippen molar-refractivity contribution in [2.45, 2.75) is 33.4 Å². The summed E-state index contributed by atoms with van der Waals surface area (Å²) in [6.45, 7) is 8.78. The summed E-state index contributed by atoms with van der Waals surface area (Å²) in [5.74, 6) is 0.965. The van der Waals surface area contributed by atoms with Crippen molar-refractivity contribution in [1.82, 2.24) is 4.90 Å². The average Bonchev–Trinajstić information content (AvgIpc) is 2.37. The summed E-state index contributed by atoms with van der Waals surface area (Å²) in [6, 6.07) is 4.41. The topological polar surface area (TPSA) is 38.5 Å². The van der Waals surface area contributed by atoms with Crippen LogP contribution in [0.4, 0.5) is 0 Å². The van der Waals surface area contributed by atoms with Crippen LogP contribution in [0.15, 0.2) is 12.1 Å². The van der Waals surface area contributed by atoms with Gasteiger partial charge in [-0.2, -0.15) is 0 Å². The number of likely N-dealkylation sites (N-methyl/N-ethyl adjacent to an activating group) is 1. The highest BCUT2D eigenvalue weighted by molar-refractivity contribution is 5.43. The molecule has 1 aromatic carbocycles. The molecule has 0 fully saturated rings. The Morgan fingerprint density at radius 3 is 2.76 bits per heavy atom. The van der Waals surface area contributed by atoms with Gasteiger partial charge < -0.3 is 10.5 Å². The summed E-state index contributed by atoms with van der Waals surface area (Å²) in [6.07, 6.45) is 1.13. The van der Waals surface area contributed by atoms with Gasteiger partial charge in [0, 0.05) is 25.2 Å². The van der Waals surface area contributed by atoms with Gasteiger partial charge in [-0.05, 0) is 37.1 Å². The molecule has 1 aliphatic heterocycles. The van der Waals surface area contributed by atoms with Crippen LogP contribution >= 0.6 is 0 Å². The quantitative estimate of drug-likeness (QED) is 0.865. The van der Waals surface area contributed by atoms with E-state index in [4.69, 9.17) is 10.5 Å². The molecule has 2 rings (SSSR count). The summed E-state index contributed by atoms with van der Waals surface area (Å²) in [7, 11) is 0. The second-order valence-electron chi connectivity index (χ2n) is 4.48. The van der Waals surface area contributed by atoms with E-state index in [0.717, 1.165) is 37.4 Å². The lowest BCUT2D eigenvalue weighted by atomic mass is 9.96. The van der Waals surface area contributed by atoms with Crippen LogP contribution in [-0.2, 0) is 19.5 Å². The molecule has 0 saturated heterocycles.